The molecular weight excluding hydrogens is 196 g/mol. The SMILES string of the molecule is CCCCCCNc1cnccc1Cl. The van der Waals surface area contributed by atoms with Crippen molar-refractivity contribution in [3.05, 3.63) is 23.5 Å². The molecule has 0 unspecified atom stereocenters. The van der Waals surface area contributed by atoms with Crippen LogP contribution in [-0.4, -0.2) is 11.5 Å². The first-order chi connectivity index (χ1) is 6.84. The average Bonchev–Trinajstić information content (AvgIpc) is 2.20. The molecule has 14 heavy (non-hydrogen) atoms. The molecule has 0 amide bonds. The molecule has 0 atom stereocenters. The second kappa shape index (κ2) is 6.66. The van der Waals surface area contributed by atoms with E-state index >= 15 is 0 Å². The lowest BCUT2D eigenvalue weighted by molar-refractivity contribution is 0.685. The lowest BCUT2D eigenvalue weighted by Crippen LogP contribution is -2.02. The van der Waals surface area contributed by atoms with Crippen molar-refractivity contribution in [2.45, 2.75) is 32.6 Å². The standard InChI is InChI=1S/C11H17ClN2/c1-2-3-4-5-7-14-11-9-13-8-6-10(11)12/h6,8-9,14H,2-5,7H2,1H3. The van der Waals surface area contributed by atoms with Crippen LogP contribution in [0.15, 0.2) is 18.5 Å². The summed E-state index contributed by atoms with van der Waals surface area (Å²) in [6, 6.07) is 1.80. The Labute approximate surface area is 90.7 Å². The summed E-state index contributed by atoms with van der Waals surface area (Å²) in [5, 5.41) is 4.02. The van der Waals surface area contributed by atoms with Gasteiger partial charge in [-0.3, -0.25) is 4.98 Å². The molecule has 3 heteroatoms. The van der Waals surface area contributed by atoms with E-state index in [2.05, 4.69) is 17.2 Å². The monoisotopic (exact) mass is 212 g/mol. The number of nitrogens with one attached hydrogen (secondary N) is 1. The number of rotatable bonds is 6. The molecule has 1 heterocycles. The van der Waals surface area contributed by atoms with Crippen LogP contribution in [0.25, 0.3) is 0 Å². The van der Waals surface area contributed by atoms with Crippen molar-refractivity contribution >= 4 is 17.3 Å². The van der Waals surface area contributed by atoms with Crippen LogP contribution in [0.2, 0.25) is 5.02 Å². The fourth-order valence-corrected chi connectivity index (χ4v) is 1.45. The maximum absolute atomic E-state index is 5.96. The van der Waals surface area contributed by atoms with E-state index in [1.807, 2.05) is 0 Å². The minimum atomic E-state index is 0.746. The molecule has 1 aromatic heterocycles. The molecule has 0 radical (unpaired) electrons. The lowest BCUT2D eigenvalue weighted by Gasteiger charge is -2.06. The van der Waals surface area contributed by atoms with Crippen LogP contribution in [0.3, 0.4) is 0 Å². The van der Waals surface area contributed by atoms with Gasteiger partial charge in [0.2, 0.25) is 0 Å². The summed E-state index contributed by atoms with van der Waals surface area (Å²) in [4.78, 5) is 4.01. The lowest BCUT2D eigenvalue weighted by atomic mass is 10.2. The van der Waals surface area contributed by atoms with Crippen LogP contribution in [-0.2, 0) is 0 Å². The predicted octanol–water partition coefficient (Wildman–Crippen LogP) is 3.73. The smallest absolute Gasteiger partial charge is 0.0716 e. The third kappa shape index (κ3) is 3.97. The summed E-state index contributed by atoms with van der Waals surface area (Å²) in [7, 11) is 0. The predicted molar refractivity (Wildman–Crippen MR) is 61.9 cm³/mol. The third-order valence-electron chi connectivity index (χ3n) is 2.11. The van der Waals surface area contributed by atoms with Gasteiger partial charge in [0.25, 0.3) is 0 Å². The molecule has 78 valence electrons. The molecule has 2 nitrogen and oxygen atoms in total. The van der Waals surface area contributed by atoms with Gasteiger partial charge in [-0.15, -0.1) is 0 Å². The number of hydrogen-bond acceptors (Lipinski definition) is 2. The molecule has 1 rings (SSSR count). The van der Waals surface area contributed by atoms with Crippen molar-refractivity contribution in [2.24, 2.45) is 0 Å². The highest BCUT2D eigenvalue weighted by Crippen LogP contribution is 2.18. The first kappa shape index (κ1) is 11.3. The van der Waals surface area contributed by atoms with Gasteiger partial charge in [0.05, 0.1) is 16.9 Å². The topological polar surface area (TPSA) is 24.9 Å². The number of halogens is 1. The third-order valence-corrected chi connectivity index (χ3v) is 2.44. The van der Waals surface area contributed by atoms with Gasteiger partial charge in [0.1, 0.15) is 0 Å². The van der Waals surface area contributed by atoms with E-state index in [4.69, 9.17) is 11.6 Å². The summed E-state index contributed by atoms with van der Waals surface area (Å²) >= 11 is 5.96. The average molecular weight is 213 g/mol. The molecule has 0 aliphatic heterocycles. The van der Waals surface area contributed by atoms with Gasteiger partial charge in [-0.05, 0) is 12.5 Å². The van der Waals surface area contributed by atoms with E-state index in [-0.39, 0.29) is 0 Å². The first-order valence-electron chi connectivity index (χ1n) is 5.18. The quantitative estimate of drug-likeness (QED) is 0.727. The molecule has 1 aromatic rings. The first-order valence-corrected chi connectivity index (χ1v) is 5.55. The van der Waals surface area contributed by atoms with Crippen LogP contribution in [0.1, 0.15) is 32.6 Å². The van der Waals surface area contributed by atoms with Gasteiger partial charge in [-0.1, -0.05) is 37.8 Å². The maximum Gasteiger partial charge on any atom is 0.0716 e. The summed E-state index contributed by atoms with van der Waals surface area (Å²) < 4.78 is 0. The second-order valence-corrected chi connectivity index (χ2v) is 3.75. The molecule has 0 aliphatic carbocycles. The Bertz CT molecular complexity index is 263. The van der Waals surface area contributed by atoms with Crippen molar-refractivity contribution in [2.75, 3.05) is 11.9 Å². The summed E-state index contributed by atoms with van der Waals surface area (Å²) in [5.41, 5.74) is 0.936. The number of unbranched alkanes of at least 4 members (excludes halogenated alkanes) is 3. The van der Waals surface area contributed by atoms with Crippen molar-refractivity contribution < 1.29 is 0 Å². The number of anilines is 1. The molecule has 1 N–H and O–H groups in total. The molecule has 0 saturated carbocycles. The normalized spacial score (nSPS) is 10.1. The Morgan fingerprint density at radius 1 is 1.36 bits per heavy atom. The van der Waals surface area contributed by atoms with Crippen LogP contribution in [0.5, 0.6) is 0 Å². The molecule has 0 bridgehead atoms. The fourth-order valence-electron chi connectivity index (χ4n) is 1.28. The Morgan fingerprint density at radius 3 is 2.93 bits per heavy atom. The Morgan fingerprint density at radius 2 is 2.21 bits per heavy atom. The molecule has 0 spiro atoms. The van der Waals surface area contributed by atoms with E-state index in [0.29, 0.717) is 0 Å². The van der Waals surface area contributed by atoms with Crippen molar-refractivity contribution in [3.63, 3.8) is 0 Å². The minimum absolute atomic E-state index is 0.746. The van der Waals surface area contributed by atoms with Crippen molar-refractivity contribution in [1.29, 1.82) is 0 Å². The Kier molecular flexibility index (Phi) is 5.38. The summed E-state index contributed by atoms with van der Waals surface area (Å²) in [6.45, 7) is 3.19. The largest absolute Gasteiger partial charge is 0.383 e. The van der Waals surface area contributed by atoms with E-state index in [9.17, 15) is 0 Å². The van der Waals surface area contributed by atoms with Crippen LogP contribution in [0.4, 0.5) is 5.69 Å². The Balaban J connectivity index is 2.21. The molecule has 0 saturated heterocycles. The molecule has 0 aliphatic rings. The van der Waals surface area contributed by atoms with Gasteiger partial charge >= 0.3 is 0 Å². The maximum atomic E-state index is 5.96. The van der Waals surface area contributed by atoms with Crippen LogP contribution in [0, 0.1) is 0 Å². The van der Waals surface area contributed by atoms with E-state index in [1.165, 1.54) is 25.7 Å². The van der Waals surface area contributed by atoms with Crippen molar-refractivity contribution in [3.8, 4) is 0 Å². The zero-order chi connectivity index (χ0) is 10.2. The van der Waals surface area contributed by atoms with E-state index < -0.39 is 0 Å². The highest BCUT2D eigenvalue weighted by Gasteiger charge is 1.97. The minimum Gasteiger partial charge on any atom is -0.383 e. The number of nitrogens with zero attached hydrogens (tertiary/aromatic N) is 1. The molecule has 0 aromatic carbocycles. The van der Waals surface area contributed by atoms with Gasteiger partial charge < -0.3 is 5.32 Å². The van der Waals surface area contributed by atoms with Gasteiger partial charge in [-0.25, -0.2) is 0 Å². The zero-order valence-electron chi connectivity index (χ0n) is 8.59. The molecule has 0 fully saturated rings. The van der Waals surface area contributed by atoms with Crippen LogP contribution >= 0.6 is 11.6 Å². The number of hydrogen-bond donors (Lipinski definition) is 1. The van der Waals surface area contributed by atoms with Gasteiger partial charge in [0.15, 0.2) is 0 Å². The van der Waals surface area contributed by atoms with Crippen molar-refractivity contribution in [1.82, 2.24) is 4.98 Å². The zero-order valence-corrected chi connectivity index (χ0v) is 9.35. The van der Waals surface area contributed by atoms with Gasteiger partial charge in [0, 0.05) is 12.7 Å². The second-order valence-electron chi connectivity index (χ2n) is 3.34. The van der Waals surface area contributed by atoms with E-state index in [1.54, 1.807) is 18.5 Å². The highest BCUT2D eigenvalue weighted by molar-refractivity contribution is 6.33. The highest BCUT2D eigenvalue weighted by atomic mass is 35.5. The summed E-state index contributed by atoms with van der Waals surface area (Å²) in [6.07, 6.45) is 8.52. The van der Waals surface area contributed by atoms with Gasteiger partial charge in [-0.2, -0.15) is 0 Å². The van der Waals surface area contributed by atoms with Crippen LogP contribution < -0.4 is 5.32 Å². The molecular formula is C11H17ClN2. The Hall–Kier alpha value is -0.760. The van der Waals surface area contributed by atoms with E-state index in [0.717, 1.165) is 17.3 Å². The number of pyridine rings is 1. The summed E-state index contributed by atoms with van der Waals surface area (Å²) in [5.74, 6) is 0. The fraction of sp³-hybridized carbons (Fsp3) is 0.545. The number of aromatic nitrogens is 1.